The van der Waals surface area contributed by atoms with Crippen molar-refractivity contribution < 1.29 is 4.39 Å². The van der Waals surface area contributed by atoms with Gasteiger partial charge in [-0.2, -0.15) is 5.10 Å². The van der Waals surface area contributed by atoms with Gasteiger partial charge in [0, 0.05) is 18.0 Å². The van der Waals surface area contributed by atoms with E-state index in [9.17, 15) is 4.39 Å². The van der Waals surface area contributed by atoms with E-state index in [4.69, 9.17) is 0 Å². The quantitative estimate of drug-likeness (QED) is 0.508. The Morgan fingerprint density at radius 2 is 1.96 bits per heavy atom. The minimum absolute atomic E-state index is 0.332. The standard InChI is InChI=1S/C18H14FN5S2/c1-24(10-12-11-26-17(21-12)16-7-4-8-25-16)18-22-15(9-20-23-18)13-5-2-3-6-14(13)19/h2-9,11H,10H2,1H3. The van der Waals surface area contributed by atoms with Crippen LogP contribution < -0.4 is 4.90 Å². The van der Waals surface area contributed by atoms with Gasteiger partial charge >= 0.3 is 0 Å². The van der Waals surface area contributed by atoms with E-state index in [1.807, 2.05) is 28.8 Å². The number of nitrogens with zero attached hydrogens (tertiary/aromatic N) is 5. The molecule has 0 amide bonds. The SMILES string of the molecule is CN(Cc1csc(-c2cccs2)n1)c1nncc(-c2ccccc2F)n1. The maximum atomic E-state index is 14.0. The molecule has 0 bridgehead atoms. The van der Waals surface area contributed by atoms with Crippen molar-refractivity contribution >= 4 is 28.6 Å². The Labute approximate surface area is 157 Å². The number of hydrogen-bond donors (Lipinski definition) is 0. The number of rotatable bonds is 5. The summed E-state index contributed by atoms with van der Waals surface area (Å²) in [7, 11) is 1.87. The molecule has 0 fully saturated rings. The Hall–Kier alpha value is -2.71. The largest absolute Gasteiger partial charge is 0.337 e. The first kappa shape index (κ1) is 16.7. The summed E-state index contributed by atoms with van der Waals surface area (Å²) in [6, 6.07) is 10.6. The fourth-order valence-corrected chi connectivity index (χ4v) is 4.09. The summed E-state index contributed by atoms with van der Waals surface area (Å²) in [5.74, 6) is 0.0955. The summed E-state index contributed by atoms with van der Waals surface area (Å²) < 4.78 is 14.0. The first-order valence-electron chi connectivity index (χ1n) is 7.85. The van der Waals surface area contributed by atoms with Crippen molar-refractivity contribution in [2.24, 2.45) is 0 Å². The Bertz CT molecular complexity index is 1020. The van der Waals surface area contributed by atoms with Gasteiger partial charge in [0.25, 0.3) is 0 Å². The van der Waals surface area contributed by atoms with E-state index in [1.54, 1.807) is 40.9 Å². The predicted octanol–water partition coefficient (Wildman–Crippen LogP) is 4.50. The summed E-state index contributed by atoms with van der Waals surface area (Å²) >= 11 is 3.28. The van der Waals surface area contributed by atoms with Crippen molar-refractivity contribution in [1.29, 1.82) is 0 Å². The van der Waals surface area contributed by atoms with Gasteiger partial charge in [0.2, 0.25) is 5.95 Å². The Balaban J connectivity index is 1.55. The molecular formula is C18H14FN5S2. The summed E-state index contributed by atoms with van der Waals surface area (Å²) in [6.45, 7) is 0.546. The van der Waals surface area contributed by atoms with E-state index in [2.05, 4.69) is 26.2 Å². The molecule has 0 aliphatic carbocycles. The molecule has 0 aliphatic rings. The van der Waals surface area contributed by atoms with Crippen LogP contribution in [0.25, 0.3) is 21.1 Å². The molecule has 0 atom stereocenters. The molecule has 8 heteroatoms. The van der Waals surface area contributed by atoms with Crippen molar-refractivity contribution in [3.05, 3.63) is 64.9 Å². The second kappa shape index (κ2) is 7.27. The number of hydrogen-bond acceptors (Lipinski definition) is 7. The topological polar surface area (TPSA) is 54.8 Å². The normalized spacial score (nSPS) is 10.8. The maximum absolute atomic E-state index is 14.0. The van der Waals surface area contributed by atoms with Gasteiger partial charge < -0.3 is 4.90 Å². The molecule has 4 rings (SSSR count). The monoisotopic (exact) mass is 383 g/mol. The molecule has 0 radical (unpaired) electrons. The zero-order valence-electron chi connectivity index (χ0n) is 13.8. The highest BCUT2D eigenvalue weighted by Gasteiger charge is 2.13. The third kappa shape index (κ3) is 3.47. The third-order valence-electron chi connectivity index (χ3n) is 3.72. The van der Waals surface area contributed by atoms with Crippen LogP contribution in [0, 0.1) is 5.82 Å². The van der Waals surface area contributed by atoms with Crippen LogP contribution in [0.15, 0.2) is 53.4 Å². The van der Waals surface area contributed by atoms with Crippen LogP contribution in [-0.2, 0) is 6.54 Å². The van der Waals surface area contributed by atoms with Gasteiger partial charge in [-0.15, -0.1) is 27.8 Å². The highest BCUT2D eigenvalue weighted by atomic mass is 32.1. The van der Waals surface area contributed by atoms with E-state index in [-0.39, 0.29) is 5.82 Å². The number of halogens is 1. The van der Waals surface area contributed by atoms with Crippen molar-refractivity contribution in [2.45, 2.75) is 6.54 Å². The molecule has 0 N–H and O–H groups in total. The maximum Gasteiger partial charge on any atom is 0.246 e. The average Bonchev–Trinajstić information content (AvgIpc) is 3.34. The molecule has 5 nitrogen and oxygen atoms in total. The molecule has 0 unspecified atom stereocenters. The molecule has 0 aliphatic heterocycles. The Kier molecular flexibility index (Phi) is 4.68. The van der Waals surface area contributed by atoms with Gasteiger partial charge in [0.05, 0.1) is 29.0 Å². The number of thiophene rings is 1. The third-order valence-corrected chi connectivity index (χ3v) is 5.65. The van der Waals surface area contributed by atoms with Crippen LogP contribution in [-0.4, -0.2) is 27.2 Å². The number of anilines is 1. The van der Waals surface area contributed by atoms with Crippen LogP contribution in [0.5, 0.6) is 0 Å². The van der Waals surface area contributed by atoms with Crippen LogP contribution in [0.1, 0.15) is 5.69 Å². The lowest BCUT2D eigenvalue weighted by Gasteiger charge is -2.15. The van der Waals surface area contributed by atoms with Crippen LogP contribution >= 0.6 is 22.7 Å². The highest BCUT2D eigenvalue weighted by molar-refractivity contribution is 7.20. The summed E-state index contributed by atoms with van der Waals surface area (Å²) in [5, 5.41) is 13.1. The molecular weight excluding hydrogens is 369 g/mol. The average molecular weight is 383 g/mol. The molecule has 130 valence electrons. The van der Waals surface area contributed by atoms with E-state index >= 15 is 0 Å². The van der Waals surface area contributed by atoms with E-state index in [1.165, 1.54) is 12.3 Å². The van der Waals surface area contributed by atoms with E-state index in [0.717, 1.165) is 15.6 Å². The smallest absolute Gasteiger partial charge is 0.246 e. The lowest BCUT2D eigenvalue weighted by atomic mass is 10.1. The lowest BCUT2D eigenvalue weighted by Crippen LogP contribution is -2.20. The predicted molar refractivity (Wildman–Crippen MR) is 103 cm³/mol. The van der Waals surface area contributed by atoms with Gasteiger partial charge in [-0.05, 0) is 23.6 Å². The summed E-state index contributed by atoms with van der Waals surface area (Å²) in [6.07, 6.45) is 1.47. The van der Waals surface area contributed by atoms with Crippen molar-refractivity contribution in [1.82, 2.24) is 20.2 Å². The lowest BCUT2D eigenvalue weighted by molar-refractivity contribution is 0.630. The number of aromatic nitrogens is 4. The van der Waals surface area contributed by atoms with Crippen molar-refractivity contribution in [3.63, 3.8) is 0 Å². The Morgan fingerprint density at radius 3 is 2.77 bits per heavy atom. The van der Waals surface area contributed by atoms with Gasteiger partial charge in [0.1, 0.15) is 10.8 Å². The van der Waals surface area contributed by atoms with E-state index < -0.39 is 0 Å². The Morgan fingerprint density at radius 1 is 1.08 bits per heavy atom. The molecule has 3 heterocycles. The zero-order valence-corrected chi connectivity index (χ0v) is 15.5. The van der Waals surface area contributed by atoms with Crippen LogP contribution in [0.3, 0.4) is 0 Å². The van der Waals surface area contributed by atoms with E-state index in [0.29, 0.717) is 23.8 Å². The van der Waals surface area contributed by atoms with Gasteiger partial charge in [-0.25, -0.2) is 14.4 Å². The minimum Gasteiger partial charge on any atom is -0.337 e. The molecule has 0 saturated heterocycles. The summed E-state index contributed by atoms with van der Waals surface area (Å²) in [5.41, 5.74) is 1.80. The van der Waals surface area contributed by atoms with Crippen molar-refractivity contribution in [2.75, 3.05) is 11.9 Å². The highest BCUT2D eigenvalue weighted by Crippen LogP contribution is 2.28. The molecule has 0 spiro atoms. The first-order chi connectivity index (χ1) is 12.7. The van der Waals surface area contributed by atoms with Crippen LogP contribution in [0.4, 0.5) is 10.3 Å². The molecule has 26 heavy (non-hydrogen) atoms. The van der Waals surface area contributed by atoms with Gasteiger partial charge in [-0.1, -0.05) is 18.2 Å². The second-order valence-electron chi connectivity index (χ2n) is 5.60. The van der Waals surface area contributed by atoms with Gasteiger partial charge in [0.15, 0.2) is 0 Å². The fourth-order valence-electron chi connectivity index (χ4n) is 2.46. The molecule has 1 aromatic carbocycles. The second-order valence-corrected chi connectivity index (χ2v) is 7.40. The van der Waals surface area contributed by atoms with Crippen molar-refractivity contribution in [3.8, 4) is 21.1 Å². The number of thiazole rings is 1. The summed E-state index contributed by atoms with van der Waals surface area (Å²) in [4.78, 5) is 12.1. The van der Waals surface area contributed by atoms with Crippen LogP contribution in [0.2, 0.25) is 0 Å². The zero-order chi connectivity index (χ0) is 17.9. The fraction of sp³-hybridized carbons (Fsp3) is 0.111. The van der Waals surface area contributed by atoms with Gasteiger partial charge in [-0.3, -0.25) is 0 Å². The minimum atomic E-state index is -0.332. The first-order valence-corrected chi connectivity index (χ1v) is 9.60. The molecule has 3 aromatic heterocycles. The molecule has 0 saturated carbocycles. The number of benzene rings is 1. The molecule has 4 aromatic rings.